The van der Waals surface area contributed by atoms with E-state index in [0.717, 1.165) is 16.9 Å². The fourth-order valence-electron chi connectivity index (χ4n) is 3.34. The van der Waals surface area contributed by atoms with Gasteiger partial charge in [-0.15, -0.1) is 23.1 Å². The molecule has 170 valence electrons. The van der Waals surface area contributed by atoms with Crippen molar-refractivity contribution in [3.8, 4) is 0 Å². The molecule has 2 aliphatic heterocycles. The maximum atomic E-state index is 13.0. The summed E-state index contributed by atoms with van der Waals surface area (Å²) < 4.78 is 0. The summed E-state index contributed by atoms with van der Waals surface area (Å²) in [6.45, 7) is 1.68. The Hall–Kier alpha value is -3.09. The van der Waals surface area contributed by atoms with Crippen LogP contribution in [0.2, 0.25) is 0 Å². The van der Waals surface area contributed by atoms with Gasteiger partial charge in [-0.2, -0.15) is 5.48 Å². The number of fused-ring (bicyclic) bond motifs is 1. The summed E-state index contributed by atoms with van der Waals surface area (Å²) in [6.07, 6.45) is -0.190. The van der Waals surface area contributed by atoms with E-state index in [2.05, 4.69) is 10.5 Å². The minimum atomic E-state index is -0.996. The van der Waals surface area contributed by atoms with Crippen LogP contribution in [0.25, 0.3) is 5.57 Å². The lowest BCUT2D eigenvalue weighted by Gasteiger charge is -2.44. The Labute approximate surface area is 201 Å². The van der Waals surface area contributed by atoms with Gasteiger partial charge in [0.25, 0.3) is 11.8 Å². The third kappa shape index (κ3) is 4.68. The number of aliphatic carboxylic acids is 1. The van der Waals surface area contributed by atoms with E-state index in [0.29, 0.717) is 26.9 Å². The molecule has 9 nitrogen and oxygen atoms in total. The van der Waals surface area contributed by atoms with Crippen LogP contribution in [0.1, 0.15) is 21.1 Å². The number of nitrogens with zero attached hydrogens (tertiary/aromatic N) is 2. The number of benzene rings is 1. The molecule has 12 heteroatoms. The third-order valence-corrected chi connectivity index (χ3v) is 7.90. The second-order valence-corrected chi connectivity index (χ2v) is 9.80. The van der Waals surface area contributed by atoms with Gasteiger partial charge >= 0.3 is 11.9 Å². The number of rotatable bonds is 6. The number of carbonyl (C=O) groups excluding carboxylic acids is 3. The van der Waals surface area contributed by atoms with Crippen LogP contribution >= 0.6 is 35.3 Å². The number of aromatic nitrogens is 1. The molecule has 1 atom stereocenters. The van der Waals surface area contributed by atoms with Crippen molar-refractivity contribution >= 4 is 69.5 Å². The van der Waals surface area contributed by atoms with Crippen LogP contribution in [0.15, 0.2) is 36.0 Å². The summed E-state index contributed by atoms with van der Waals surface area (Å²) in [4.78, 5) is 60.2. The third-order valence-electron chi connectivity index (χ3n) is 4.92. The molecule has 0 saturated carbocycles. The molecule has 33 heavy (non-hydrogen) atoms. The van der Waals surface area contributed by atoms with Gasteiger partial charge in [-0.05, 0) is 12.5 Å². The zero-order chi connectivity index (χ0) is 23.7. The van der Waals surface area contributed by atoms with Crippen LogP contribution in [0.3, 0.4) is 0 Å². The fraction of sp³-hybridized carbons (Fsp3) is 0.238. The number of carboxylic acids is 1. The first-order valence-corrected chi connectivity index (χ1v) is 12.0. The highest BCUT2D eigenvalue weighted by atomic mass is 32.2. The molecule has 0 unspecified atom stereocenters. The van der Waals surface area contributed by atoms with Crippen molar-refractivity contribution < 1.29 is 29.1 Å². The van der Waals surface area contributed by atoms with Crippen LogP contribution in [0.5, 0.6) is 0 Å². The highest BCUT2D eigenvalue weighted by Gasteiger charge is 2.51. The Morgan fingerprint density at radius 2 is 2.00 bits per heavy atom. The molecule has 2 N–H and O–H groups in total. The average Bonchev–Trinajstić information content (AvgIpc) is 3.15. The molecule has 1 aromatic carbocycles. The zero-order valence-electron chi connectivity index (χ0n) is 17.2. The molecule has 2 aromatic rings. The predicted octanol–water partition coefficient (Wildman–Crippen LogP) is 1.89. The predicted molar refractivity (Wildman–Crippen MR) is 125 cm³/mol. The second kappa shape index (κ2) is 9.41. The fourth-order valence-corrected chi connectivity index (χ4v) is 6.14. The van der Waals surface area contributed by atoms with Crippen molar-refractivity contribution in [2.24, 2.45) is 0 Å². The van der Waals surface area contributed by atoms with Gasteiger partial charge in [0.15, 0.2) is 0 Å². The van der Waals surface area contributed by atoms with Gasteiger partial charge in [-0.25, -0.2) is 9.78 Å². The van der Waals surface area contributed by atoms with Gasteiger partial charge < -0.3 is 9.94 Å². The lowest BCUT2D eigenvalue weighted by molar-refractivity contribution is -0.156. The molecule has 1 fully saturated rings. The number of hydrogen-bond acceptors (Lipinski definition) is 9. The van der Waals surface area contributed by atoms with E-state index >= 15 is 0 Å². The molecule has 1 aromatic heterocycles. The highest BCUT2D eigenvalue weighted by Crippen LogP contribution is 2.43. The molecule has 2 amide bonds. The summed E-state index contributed by atoms with van der Waals surface area (Å²) in [5.74, 6) is -2.61. The number of β-lactam (4-membered cyclic amide) rings is 1. The molecule has 0 bridgehead atoms. The van der Waals surface area contributed by atoms with E-state index in [1.165, 1.54) is 16.7 Å². The Morgan fingerprint density at radius 1 is 1.27 bits per heavy atom. The standard InChI is InChI=1S/C21H17N3O6S3/c1-10-13(8-15(26)27)33-18(22-10)12-9-32-20-17(31)19(28)24(20)16(12)21(29)30-23-14(25)7-11-5-3-2-4-6-11/h2-6,20H,7-9H2,1H3,(H,23,25)(H,26,27)/t20-/m0/s1. The summed E-state index contributed by atoms with van der Waals surface area (Å²) in [5, 5.41) is 9.06. The highest BCUT2D eigenvalue weighted by molar-refractivity contribution is 8.02. The van der Waals surface area contributed by atoms with E-state index in [-0.39, 0.29) is 23.4 Å². The number of hydroxylamine groups is 1. The van der Waals surface area contributed by atoms with Crippen LogP contribution in [0.4, 0.5) is 0 Å². The van der Waals surface area contributed by atoms with Crippen molar-refractivity contribution in [1.82, 2.24) is 15.4 Å². The number of aryl methyl sites for hydroxylation is 1. The van der Waals surface area contributed by atoms with Crippen molar-refractivity contribution in [2.75, 3.05) is 5.75 Å². The number of carbonyl (C=O) groups is 4. The lowest BCUT2D eigenvalue weighted by Crippen LogP contribution is -2.61. The Balaban J connectivity index is 1.59. The Morgan fingerprint density at radius 3 is 2.70 bits per heavy atom. The van der Waals surface area contributed by atoms with Gasteiger partial charge in [-0.1, -0.05) is 42.5 Å². The largest absolute Gasteiger partial charge is 0.481 e. The quantitative estimate of drug-likeness (QED) is 0.345. The summed E-state index contributed by atoms with van der Waals surface area (Å²) in [7, 11) is 0. The van der Waals surface area contributed by atoms with E-state index in [1.54, 1.807) is 31.2 Å². The van der Waals surface area contributed by atoms with Crippen molar-refractivity contribution in [2.45, 2.75) is 25.1 Å². The van der Waals surface area contributed by atoms with E-state index in [4.69, 9.17) is 22.2 Å². The van der Waals surface area contributed by atoms with Gasteiger partial charge in [0, 0.05) is 16.2 Å². The summed E-state index contributed by atoms with van der Waals surface area (Å²) >= 11 is 7.62. The number of thiazole rings is 1. The molecule has 0 aliphatic carbocycles. The van der Waals surface area contributed by atoms with Crippen LogP contribution < -0.4 is 5.48 Å². The number of thiocarbonyl (C=S) groups is 1. The van der Waals surface area contributed by atoms with Gasteiger partial charge in [0.05, 0.1) is 18.5 Å². The second-order valence-electron chi connectivity index (χ2n) is 7.21. The van der Waals surface area contributed by atoms with Crippen LogP contribution in [0, 0.1) is 6.92 Å². The van der Waals surface area contributed by atoms with Gasteiger partial charge in [0.2, 0.25) is 0 Å². The monoisotopic (exact) mass is 503 g/mol. The minimum absolute atomic E-state index is 0.00938. The molecule has 0 spiro atoms. The first-order valence-electron chi connectivity index (χ1n) is 9.70. The lowest BCUT2D eigenvalue weighted by atomic mass is 10.1. The van der Waals surface area contributed by atoms with E-state index < -0.39 is 29.1 Å². The SMILES string of the molecule is Cc1nc(C2=C(C(=O)ONC(=O)Cc3ccccc3)N3C(=O)C(=S)[C@@H]3SC2)sc1CC(=O)O. The molecule has 4 rings (SSSR count). The van der Waals surface area contributed by atoms with Crippen LogP contribution in [-0.4, -0.2) is 54.7 Å². The van der Waals surface area contributed by atoms with Crippen molar-refractivity contribution in [3.63, 3.8) is 0 Å². The Bertz CT molecular complexity index is 1210. The number of hydrogen-bond donors (Lipinski definition) is 2. The summed E-state index contributed by atoms with van der Waals surface area (Å²) in [5.41, 5.74) is 3.79. The topological polar surface area (TPSA) is 126 Å². The minimum Gasteiger partial charge on any atom is -0.481 e. The first kappa shape index (κ1) is 23.1. The van der Waals surface area contributed by atoms with Crippen LogP contribution in [-0.2, 0) is 36.9 Å². The molecular formula is C21H17N3O6S3. The molecule has 0 radical (unpaired) electrons. The molecule has 2 aliphatic rings. The number of thioether (sulfide) groups is 1. The number of amides is 2. The zero-order valence-corrected chi connectivity index (χ0v) is 19.6. The van der Waals surface area contributed by atoms with Crippen molar-refractivity contribution in [3.05, 3.63) is 57.2 Å². The maximum Gasteiger partial charge on any atom is 0.379 e. The Kier molecular flexibility index (Phi) is 6.58. The number of nitrogens with one attached hydrogen (secondary N) is 1. The van der Waals surface area contributed by atoms with E-state index in [1.807, 2.05) is 6.07 Å². The normalized spacial score (nSPS) is 17.4. The van der Waals surface area contributed by atoms with Gasteiger partial charge in [0.1, 0.15) is 20.9 Å². The maximum absolute atomic E-state index is 13.0. The van der Waals surface area contributed by atoms with Crippen molar-refractivity contribution in [1.29, 1.82) is 0 Å². The van der Waals surface area contributed by atoms with E-state index in [9.17, 15) is 19.2 Å². The van der Waals surface area contributed by atoms with Gasteiger partial charge in [-0.3, -0.25) is 19.3 Å². The number of carboxylic acid groups (broad SMARTS) is 1. The molecular weight excluding hydrogens is 486 g/mol. The molecule has 1 saturated heterocycles. The first-order chi connectivity index (χ1) is 15.8. The average molecular weight is 504 g/mol. The smallest absolute Gasteiger partial charge is 0.379 e. The summed E-state index contributed by atoms with van der Waals surface area (Å²) in [6, 6.07) is 8.94. The molecule has 3 heterocycles.